The van der Waals surface area contributed by atoms with Crippen molar-refractivity contribution >= 4 is 11.6 Å². The molecule has 0 atom stereocenters. The molecule has 1 amide bonds. The van der Waals surface area contributed by atoms with Gasteiger partial charge in [0.15, 0.2) is 23.3 Å². The summed E-state index contributed by atoms with van der Waals surface area (Å²) in [6.07, 6.45) is 0.744. The third-order valence-corrected chi connectivity index (χ3v) is 3.27. The van der Waals surface area contributed by atoms with E-state index in [0.29, 0.717) is 12.4 Å². The lowest BCUT2D eigenvalue weighted by Crippen LogP contribution is -2.34. The number of hydrogen-bond acceptors (Lipinski definition) is 6. The Balaban J connectivity index is 2.01. The molecule has 136 valence electrons. The third-order valence-electron chi connectivity index (χ3n) is 3.27. The van der Waals surface area contributed by atoms with E-state index in [1.54, 1.807) is 4.90 Å². The van der Waals surface area contributed by atoms with E-state index in [0.717, 1.165) is 18.6 Å². The van der Waals surface area contributed by atoms with Crippen LogP contribution in [0.25, 0.3) is 0 Å². The van der Waals surface area contributed by atoms with E-state index in [1.807, 2.05) is 6.92 Å². The summed E-state index contributed by atoms with van der Waals surface area (Å²) in [5.41, 5.74) is 4.96. The van der Waals surface area contributed by atoms with Gasteiger partial charge in [0.05, 0.1) is 25.3 Å². The normalized spacial score (nSPS) is 11.1. The third kappa shape index (κ3) is 5.00. The minimum Gasteiger partial charge on any atom is -0.338 e. The van der Waals surface area contributed by atoms with Gasteiger partial charge in [0.25, 0.3) is 0 Å². The summed E-state index contributed by atoms with van der Waals surface area (Å²) in [7, 11) is 0. The highest BCUT2D eigenvalue weighted by Gasteiger charge is 2.18. The zero-order chi connectivity index (χ0) is 18.4. The molecule has 0 saturated carbocycles. The van der Waals surface area contributed by atoms with E-state index in [4.69, 9.17) is 10.3 Å². The maximum absolute atomic E-state index is 13.6. The number of rotatable bonds is 8. The number of amides is 1. The Hall–Kier alpha value is -2.46. The van der Waals surface area contributed by atoms with Crippen LogP contribution in [0.4, 0.5) is 18.9 Å². The van der Waals surface area contributed by atoms with E-state index >= 15 is 0 Å². The first-order valence-corrected chi connectivity index (χ1v) is 7.61. The van der Waals surface area contributed by atoms with Gasteiger partial charge in [-0.2, -0.15) is 4.98 Å². The van der Waals surface area contributed by atoms with Crippen LogP contribution in [-0.2, 0) is 17.9 Å². The number of benzene rings is 1. The van der Waals surface area contributed by atoms with Crippen molar-refractivity contribution in [3.8, 4) is 0 Å². The standard InChI is InChI=1S/C15H18F3N5O2/c1-2-5-23(7-11-21-13(6-19)25-22-11)8-12(24)20-10-4-3-9(16)14(17)15(10)18/h3-4H,2,5-8,19H2,1H3,(H,20,24). The Morgan fingerprint density at radius 2 is 2.08 bits per heavy atom. The molecular formula is C15H18F3N5O2. The topological polar surface area (TPSA) is 97.3 Å². The number of nitrogens with two attached hydrogens (primary N) is 1. The second-order valence-corrected chi connectivity index (χ2v) is 5.29. The van der Waals surface area contributed by atoms with Crippen molar-refractivity contribution in [2.75, 3.05) is 18.4 Å². The van der Waals surface area contributed by atoms with Crippen LogP contribution in [0.5, 0.6) is 0 Å². The Morgan fingerprint density at radius 1 is 1.32 bits per heavy atom. The molecule has 25 heavy (non-hydrogen) atoms. The maximum atomic E-state index is 13.6. The van der Waals surface area contributed by atoms with Crippen LogP contribution in [0.15, 0.2) is 16.7 Å². The average Bonchev–Trinajstić information content (AvgIpc) is 3.03. The van der Waals surface area contributed by atoms with Gasteiger partial charge in [-0.3, -0.25) is 9.69 Å². The van der Waals surface area contributed by atoms with Crippen LogP contribution in [0, 0.1) is 17.5 Å². The predicted molar refractivity (Wildman–Crippen MR) is 82.7 cm³/mol. The number of anilines is 1. The summed E-state index contributed by atoms with van der Waals surface area (Å²) < 4.78 is 44.6. The van der Waals surface area contributed by atoms with E-state index in [-0.39, 0.29) is 25.5 Å². The molecule has 0 spiro atoms. The molecule has 2 rings (SSSR count). The number of nitrogens with zero attached hydrogens (tertiary/aromatic N) is 3. The van der Waals surface area contributed by atoms with Crippen LogP contribution in [0.3, 0.4) is 0 Å². The second kappa shape index (κ2) is 8.58. The number of carbonyl (C=O) groups excluding carboxylic acids is 1. The molecule has 0 aliphatic carbocycles. The summed E-state index contributed by atoms with van der Waals surface area (Å²) in [6.45, 7) is 2.68. The zero-order valence-corrected chi connectivity index (χ0v) is 13.6. The lowest BCUT2D eigenvalue weighted by molar-refractivity contribution is -0.117. The van der Waals surface area contributed by atoms with Gasteiger partial charge in [-0.15, -0.1) is 0 Å². The lowest BCUT2D eigenvalue weighted by Gasteiger charge is -2.19. The summed E-state index contributed by atoms with van der Waals surface area (Å²) in [5.74, 6) is -4.34. The molecule has 1 aromatic carbocycles. The van der Waals surface area contributed by atoms with Crippen molar-refractivity contribution in [1.29, 1.82) is 0 Å². The van der Waals surface area contributed by atoms with Gasteiger partial charge in [-0.1, -0.05) is 12.1 Å². The minimum absolute atomic E-state index is 0.108. The van der Waals surface area contributed by atoms with Gasteiger partial charge in [-0.25, -0.2) is 13.2 Å². The fourth-order valence-corrected chi connectivity index (χ4v) is 2.18. The maximum Gasteiger partial charge on any atom is 0.240 e. The van der Waals surface area contributed by atoms with Crippen molar-refractivity contribution < 1.29 is 22.5 Å². The van der Waals surface area contributed by atoms with Crippen molar-refractivity contribution in [2.24, 2.45) is 5.73 Å². The van der Waals surface area contributed by atoms with Gasteiger partial charge in [0, 0.05) is 0 Å². The van der Waals surface area contributed by atoms with Gasteiger partial charge >= 0.3 is 0 Å². The highest BCUT2D eigenvalue weighted by atomic mass is 19.2. The molecule has 1 aromatic heterocycles. The largest absolute Gasteiger partial charge is 0.338 e. The summed E-state index contributed by atoms with van der Waals surface area (Å²) in [5, 5.41) is 5.97. The van der Waals surface area contributed by atoms with Crippen LogP contribution in [-0.4, -0.2) is 34.0 Å². The Bertz CT molecular complexity index is 738. The quantitative estimate of drug-likeness (QED) is 0.699. The van der Waals surface area contributed by atoms with Gasteiger partial charge in [0.2, 0.25) is 11.8 Å². The van der Waals surface area contributed by atoms with Crippen LogP contribution < -0.4 is 11.1 Å². The summed E-state index contributed by atoms with van der Waals surface area (Å²) >= 11 is 0. The Labute approximate surface area is 142 Å². The van der Waals surface area contributed by atoms with E-state index in [1.165, 1.54) is 0 Å². The van der Waals surface area contributed by atoms with E-state index in [9.17, 15) is 18.0 Å². The molecule has 0 radical (unpaired) electrons. The number of nitrogens with one attached hydrogen (secondary N) is 1. The zero-order valence-electron chi connectivity index (χ0n) is 13.6. The first-order valence-electron chi connectivity index (χ1n) is 7.61. The van der Waals surface area contributed by atoms with Gasteiger partial charge in [-0.05, 0) is 25.1 Å². The monoisotopic (exact) mass is 357 g/mol. The second-order valence-electron chi connectivity index (χ2n) is 5.29. The molecule has 0 saturated heterocycles. The van der Waals surface area contributed by atoms with Crippen molar-refractivity contribution in [3.05, 3.63) is 41.3 Å². The van der Waals surface area contributed by atoms with Crippen molar-refractivity contribution in [3.63, 3.8) is 0 Å². The number of hydrogen-bond donors (Lipinski definition) is 2. The molecule has 2 aromatic rings. The molecule has 3 N–H and O–H groups in total. The molecule has 0 unspecified atom stereocenters. The highest BCUT2D eigenvalue weighted by molar-refractivity contribution is 5.92. The van der Waals surface area contributed by atoms with Gasteiger partial charge in [0.1, 0.15) is 0 Å². The molecule has 0 bridgehead atoms. The lowest BCUT2D eigenvalue weighted by atomic mass is 10.2. The molecule has 0 aliphatic heterocycles. The predicted octanol–water partition coefficient (Wildman–Crippen LogP) is 1.80. The van der Waals surface area contributed by atoms with Crippen LogP contribution in [0.1, 0.15) is 25.1 Å². The molecule has 10 heteroatoms. The summed E-state index contributed by atoms with van der Waals surface area (Å²) in [6, 6.07) is 1.70. The van der Waals surface area contributed by atoms with Crippen molar-refractivity contribution in [1.82, 2.24) is 15.0 Å². The highest BCUT2D eigenvalue weighted by Crippen LogP contribution is 2.19. The SMILES string of the molecule is CCCN(CC(=O)Nc1ccc(F)c(F)c1F)Cc1noc(CN)n1. The van der Waals surface area contributed by atoms with E-state index in [2.05, 4.69) is 15.5 Å². The first kappa shape index (κ1) is 18.9. The average molecular weight is 357 g/mol. The first-order chi connectivity index (χ1) is 11.9. The minimum atomic E-state index is -1.63. The van der Waals surface area contributed by atoms with Crippen molar-refractivity contribution in [2.45, 2.75) is 26.4 Å². The number of halogens is 3. The molecule has 0 fully saturated rings. The van der Waals surface area contributed by atoms with Crippen LogP contribution >= 0.6 is 0 Å². The van der Waals surface area contributed by atoms with Crippen LogP contribution in [0.2, 0.25) is 0 Å². The van der Waals surface area contributed by atoms with Gasteiger partial charge < -0.3 is 15.6 Å². The fourth-order valence-electron chi connectivity index (χ4n) is 2.18. The smallest absolute Gasteiger partial charge is 0.240 e. The van der Waals surface area contributed by atoms with E-state index < -0.39 is 29.0 Å². The molecule has 0 aliphatic rings. The molecular weight excluding hydrogens is 339 g/mol. The molecule has 7 nitrogen and oxygen atoms in total. The Morgan fingerprint density at radius 3 is 2.72 bits per heavy atom. The fraction of sp³-hybridized carbons (Fsp3) is 0.400. The number of carbonyl (C=O) groups is 1. The molecule has 1 heterocycles. The Kier molecular flexibility index (Phi) is 6.48. The summed E-state index contributed by atoms with van der Waals surface area (Å²) in [4.78, 5) is 17.8. The number of aromatic nitrogens is 2.